The summed E-state index contributed by atoms with van der Waals surface area (Å²) < 4.78 is 10.1. The molecular formula is C23H26N2O4. The molecule has 1 saturated heterocycles. The summed E-state index contributed by atoms with van der Waals surface area (Å²) in [7, 11) is 1.35. The number of esters is 1. The lowest BCUT2D eigenvalue weighted by Crippen LogP contribution is -2.42. The van der Waals surface area contributed by atoms with Crippen molar-refractivity contribution in [2.75, 3.05) is 40.0 Å². The predicted octanol–water partition coefficient (Wildman–Crippen LogP) is 2.68. The van der Waals surface area contributed by atoms with E-state index in [1.165, 1.54) is 13.2 Å². The van der Waals surface area contributed by atoms with Crippen LogP contribution in [0.1, 0.15) is 27.5 Å². The van der Waals surface area contributed by atoms with Gasteiger partial charge in [-0.2, -0.15) is 0 Å². The third-order valence-electron chi connectivity index (χ3n) is 4.82. The number of benzene rings is 2. The van der Waals surface area contributed by atoms with Gasteiger partial charge in [0.15, 0.2) is 0 Å². The topological polar surface area (TPSA) is 67.9 Å². The summed E-state index contributed by atoms with van der Waals surface area (Å²) in [6.45, 7) is 3.90. The Hall–Kier alpha value is -2.96. The van der Waals surface area contributed by atoms with Crippen LogP contribution in [-0.4, -0.2) is 56.7 Å². The minimum absolute atomic E-state index is 0.104. The van der Waals surface area contributed by atoms with Crippen molar-refractivity contribution in [2.24, 2.45) is 0 Å². The Labute approximate surface area is 171 Å². The average molecular weight is 394 g/mol. The van der Waals surface area contributed by atoms with E-state index in [0.717, 1.165) is 44.0 Å². The largest absolute Gasteiger partial charge is 0.465 e. The molecule has 0 aliphatic carbocycles. The Morgan fingerprint density at radius 3 is 2.45 bits per heavy atom. The number of carbonyl (C=O) groups excluding carboxylic acids is 2. The first-order chi connectivity index (χ1) is 14.2. The average Bonchev–Trinajstić information content (AvgIpc) is 2.78. The van der Waals surface area contributed by atoms with Gasteiger partial charge in [-0.3, -0.25) is 9.69 Å². The number of hydrogen-bond donors (Lipinski definition) is 1. The Morgan fingerprint density at radius 1 is 1.10 bits per heavy atom. The van der Waals surface area contributed by atoms with E-state index in [1.807, 2.05) is 30.3 Å². The Morgan fingerprint density at radius 2 is 1.79 bits per heavy atom. The van der Waals surface area contributed by atoms with Gasteiger partial charge in [0.1, 0.15) is 0 Å². The van der Waals surface area contributed by atoms with Crippen LogP contribution >= 0.6 is 0 Å². The monoisotopic (exact) mass is 394 g/mol. The number of rotatable bonds is 7. The van der Waals surface area contributed by atoms with E-state index in [0.29, 0.717) is 5.56 Å². The number of hydrogen-bond acceptors (Lipinski definition) is 5. The summed E-state index contributed by atoms with van der Waals surface area (Å²) in [5, 5.41) is 3.11. The molecule has 1 aliphatic rings. The summed E-state index contributed by atoms with van der Waals surface area (Å²) >= 11 is 0. The highest BCUT2D eigenvalue weighted by Crippen LogP contribution is 2.15. The number of methoxy groups -OCH3 is 1. The van der Waals surface area contributed by atoms with E-state index in [4.69, 9.17) is 4.74 Å². The van der Waals surface area contributed by atoms with Crippen molar-refractivity contribution in [2.45, 2.75) is 6.04 Å². The van der Waals surface area contributed by atoms with Crippen molar-refractivity contribution in [3.63, 3.8) is 0 Å². The van der Waals surface area contributed by atoms with Crippen LogP contribution < -0.4 is 5.32 Å². The highest BCUT2D eigenvalue weighted by molar-refractivity contribution is 5.92. The SMILES string of the molecule is COC(=O)c1ccc(/C=C/C(=O)NC(CN2CCOCC2)c2ccccc2)cc1. The van der Waals surface area contributed by atoms with E-state index in [9.17, 15) is 9.59 Å². The second kappa shape index (κ2) is 10.5. The molecule has 1 unspecified atom stereocenters. The number of amides is 1. The quantitative estimate of drug-likeness (QED) is 0.578. The van der Waals surface area contributed by atoms with Gasteiger partial charge in [-0.25, -0.2) is 4.79 Å². The fraction of sp³-hybridized carbons (Fsp3) is 0.304. The lowest BCUT2D eigenvalue weighted by Gasteiger charge is -2.31. The van der Waals surface area contributed by atoms with Crippen molar-refractivity contribution >= 4 is 18.0 Å². The van der Waals surface area contributed by atoms with Crippen LogP contribution in [0.5, 0.6) is 0 Å². The normalized spacial score (nSPS) is 15.8. The molecule has 1 heterocycles. The van der Waals surface area contributed by atoms with Crippen LogP contribution in [0, 0.1) is 0 Å². The molecule has 1 N–H and O–H groups in total. The van der Waals surface area contributed by atoms with E-state index in [2.05, 4.69) is 15.0 Å². The highest BCUT2D eigenvalue weighted by atomic mass is 16.5. The molecule has 29 heavy (non-hydrogen) atoms. The van der Waals surface area contributed by atoms with Crippen LogP contribution in [0.2, 0.25) is 0 Å². The lowest BCUT2D eigenvalue weighted by molar-refractivity contribution is -0.117. The number of morpholine rings is 1. The zero-order valence-electron chi connectivity index (χ0n) is 16.5. The molecule has 0 radical (unpaired) electrons. The van der Waals surface area contributed by atoms with Crippen molar-refractivity contribution in [1.29, 1.82) is 0 Å². The maximum atomic E-state index is 12.5. The predicted molar refractivity (Wildman–Crippen MR) is 111 cm³/mol. The molecule has 6 nitrogen and oxygen atoms in total. The Bertz CT molecular complexity index is 828. The molecule has 0 aromatic heterocycles. The first-order valence-electron chi connectivity index (χ1n) is 9.67. The second-order valence-electron chi connectivity index (χ2n) is 6.83. The Balaban J connectivity index is 1.64. The minimum Gasteiger partial charge on any atom is -0.465 e. The molecular weight excluding hydrogens is 368 g/mol. The summed E-state index contributed by atoms with van der Waals surface area (Å²) in [5.74, 6) is -0.545. The molecule has 0 saturated carbocycles. The maximum absolute atomic E-state index is 12.5. The summed E-state index contributed by atoms with van der Waals surface area (Å²) in [5.41, 5.74) is 2.38. The van der Waals surface area contributed by atoms with Gasteiger partial charge in [-0.05, 0) is 29.3 Å². The van der Waals surface area contributed by atoms with Crippen molar-refractivity contribution < 1.29 is 19.1 Å². The number of carbonyl (C=O) groups is 2. The van der Waals surface area contributed by atoms with E-state index >= 15 is 0 Å². The maximum Gasteiger partial charge on any atom is 0.337 e. The first kappa shape index (κ1) is 20.8. The summed E-state index contributed by atoms with van der Waals surface area (Å²) in [4.78, 5) is 26.3. The van der Waals surface area contributed by atoms with Gasteiger partial charge in [0.05, 0.1) is 31.9 Å². The fourth-order valence-corrected chi connectivity index (χ4v) is 3.20. The third kappa shape index (κ3) is 6.27. The first-order valence-corrected chi connectivity index (χ1v) is 9.67. The van der Waals surface area contributed by atoms with Crippen molar-refractivity contribution in [3.05, 3.63) is 77.4 Å². The molecule has 1 aliphatic heterocycles. The molecule has 2 aromatic carbocycles. The molecule has 1 amide bonds. The lowest BCUT2D eigenvalue weighted by atomic mass is 10.1. The number of nitrogens with one attached hydrogen (secondary N) is 1. The Kier molecular flexibility index (Phi) is 7.55. The molecule has 2 aromatic rings. The second-order valence-corrected chi connectivity index (χ2v) is 6.83. The van der Waals surface area contributed by atoms with Gasteiger partial charge in [-0.15, -0.1) is 0 Å². The molecule has 152 valence electrons. The zero-order valence-corrected chi connectivity index (χ0v) is 16.5. The minimum atomic E-state index is -0.382. The smallest absolute Gasteiger partial charge is 0.337 e. The molecule has 1 fully saturated rings. The van der Waals surface area contributed by atoms with Crippen LogP contribution in [0.15, 0.2) is 60.7 Å². The molecule has 1 atom stereocenters. The van der Waals surface area contributed by atoms with E-state index in [1.54, 1.807) is 30.3 Å². The number of ether oxygens (including phenoxy) is 2. The third-order valence-corrected chi connectivity index (χ3v) is 4.82. The van der Waals surface area contributed by atoms with Gasteiger partial charge in [0.25, 0.3) is 0 Å². The van der Waals surface area contributed by atoms with Gasteiger partial charge >= 0.3 is 5.97 Å². The fourth-order valence-electron chi connectivity index (χ4n) is 3.20. The standard InChI is InChI=1S/C23H26N2O4/c1-28-23(27)20-10-7-18(8-11-20)9-12-22(26)24-21(19-5-3-2-4-6-19)17-25-13-15-29-16-14-25/h2-12,21H,13-17H2,1H3,(H,24,26)/b12-9+. The van der Waals surface area contributed by atoms with Crippen LogP contribution in [0.4, 0.5) is 0 Å². The van der Waals surface area contributed by atoms with Gasteiger partial charge in [0.2, 0.25) is 5.91 Å². The zero-order chi connectivity index (χ0) is 20.5. The van der Waals surface area contributed by atoms with Gasteiger partial charge < -0.3 is 14.8 Å². The van der Waals surface area contributed by atoms with Crippen molar-refractivity contribution in [3.8, 4) is 0 Å². The van der Waals surface area contributed by atoms with E-state index < -0.39 is 0 Å². The summed E-state index contributed by atoms with van der Waals surface area (Å²) in [6.07, 6.45) is 3.25. The van der Waals surface area contributed by atoms with Crippen LogP contribution in [0.25, 0.3) is 6.08 Å². The van der Waals surface area contributed by atoms with Crippen molar-refractivity contribution in [1.82, 2.24) is 10.2 Å². The molecule has 3 rings (SSSR count). The summed E-state index contributed by atoms with van der Waals surface area (Å²) in [6, 6.07) is 16.8. The molecule has 6 heteroatoms. The van der Waals surface area contributed by atoms with Crippen LogP contribution in [0.3, 0.4) is 0 Å². The molecule has 0 bridgehead atoms. The van der Waals surface area contributed by atoms with Gasteiger partial charge in [0, 0.05) is 25.7 Å². The molecule has 0 spiro atoms. The van der Waals surface area contributed by atoms with Crippen LogP contribution in [-0.2, 0) is 14.3 Å². The van der Waals surface area contributed by atoms with Gasteiger partial charge in [-0.1, -0.05) is 42.5 Å². The van der Waals surface area contributed by atoms with E-state index in [-0.39, 0.29) is 17.9 Å². The number of nitrogens with zero attached hydrogens (tertiary/aromatic N) is 1. The highest BCUT2D eigenvalue weighted by Gasteiger charge is 2.19.